The number of nitrogens with one attached hydrogen (secondary N) is 2. The predicted octanol–water partition coefficient (Wildman–Crippen LogP) is 2.80. The second-order valence-electron chi connectivity index (χ2n) is 6.58. The quantitative estimate of drug-likeness (QED) is 0.905. The van der Waals surface area contributed by atoms with E-state index in [1.54, 1.807) is 0 Å². The molecule has 0 spiro atoms. The maximum atomic E-state index is 4.73. The Labute approximate surface area is 125 Å². The molecule has 6 heteroatoms. The zero-order valence-electron chi connectivity index (χ0n) is 13.1. The fraction of sp³-hybridized carbons (Fsp3) is 0.667. The molecule has 3 heterocycles. The molecule has 2 aromatic rings. The third-order valence-electron chi connectivity index (χ3n) is 4.24. The predicted molar refractivity (Wildman–Crippen MR) is 85.7 cm³/mol. The van der Waals surface area contributed by atoms with E-state index in [-0.39, 0.29) is 0 Å². The summed E-state index contributed by atoms with van der Waals surface area (Å²) in [5.41, 5.74) is 1.24. The topological polar surface area (TPSA) is 69.7 Å². The van der Waals surface area contributed by atoms with E-state index in [9.17, 15) is 0 Å². The Bertz CT molecular complexity index is 608. The monoisotopic (exact) mass is 288 g/mol. The summed E-state index contributed by atoms with van der Waals surface area (Å²) in [6.45, 7) is 9.77. The molecule has 2 N–H and O–H groups in total. The molecular formula is C15H24N6. The van der Waals surface area contributed by atoms with Crippen LogP contribution >= 0.6 is 0 Å². The van der Waals surface area contributed by atoms with Gasteiger partial charge in [-0.25, -0.2) is 0 Å². The Hall–Kier alpha value is -1.85. The number of anilines is 2. The molecule has 2 aromatic heterocycles. The lowest BCUT2D eigenvalue weighted by Crippen LogP contribution is -2.38. The van der Waals surface area contributed by atoms with Crippen LogP contribution in [-0.4, -0.2) is 39.8 Å². The van der Waals surface area contributed by atoms with Gasteiger partial charge in [-0.1, -0.05) is 20.8 Å². The lowest BCUT2D eigenvalue weighted by atomic mass is 9.83. The molecular weight excluding hydrogens is 264 g/mol. The van der Waals surface area contributed by atoms with Gasteiger partial charge in [-0.2, -0.15) is 15.1 Å². The Morgan fingerprint density at radius 1 is 1.29 bits per heavy atom. The van der Waals surface area contributed by atoms with Crippen molar-refractivity contribution >= 4 is 22.8 Å². The molecule has 0 aliphatic carbocycles. The van der Waals surface area contributed by atoms with E-state index in [0.717, 1.165) is 42.9 Å². The average Bonchev–Trinajstić information content (AvgIpc) is 2.92. The van der Waals surface area contributed by atoms with Crippen LogP contribution in [-0.2, 0) is 0 Å². The highest BCUT2D eigenvalue weighted by Gasteiger charge is 2.27. The van der Waals surface area contributed by atoms with Crippen LogP contribution in [0.2, 0.25) is 0 Å². The number of H-pyrrole nitrogens is 1. The summed E-state index contributed by atoms with van der Waals surface area (Å²) in [5.74, 6) is 1.69. The normalized spacial score (nSPS) is 18.1. The molecule has 0 aromatic carbocycles. The third kappa shape index (κ3) is 2.94. The molecule has 0 saturated carbocycles. The minimum atomic E-state index is 0.433. The molecule has 0 bridgehead atoms. The van der Waals surface area contributed by atoms with Gasteiger partial charge in [-0.15, -0.1) is 0 Å². The average molecular weight is 288 g/mol. The molecule has 6 nitrogen and oxygen atoms in total. The summed E-state index contributed by atoms with van der Waals surface area (Å²) in [5, 5.41) is 11.4. The Morgan fingerprint density at radius 3 is 2.76 bits per heavy atom. The molecule has 1 saturated heterocycles. The minimum Gasteiger partial charge on any atom is -0.356 e. The zero-order valence-corrected chi connectivity index (χ0v) is 13.1. The number of aromatic nitrogens is 4. The summed E-state index contributed by atoms with van der Waals surface area (Å²) >= 11 is 0. The van der Waals surface area contributed by atoms with Crippen molar-refractivity contribution in [3.63, 3.8) is 0 Å². The molecule has 0 atom stereocenters. The molecule has 114 valence electrons. The van der Waals surface area contributed by atoms with Crippen molar-refractivity contribution in [3.8, 4) is 0 Å². The summed E-state index contributed by atoms with van der Waals surface area (Å²) < 4.78 is 0. The van der Waals surface area contributed by atoms with Crippen LogP contribution < -0.4 is 10.2 Å². The number of nitrogens with zero attached hydrogens (tertiary/aromatic N) is 4. The maximum Gasteiger partial charge on any atom is 0.226 e. The fourth-order valence-corrected chi connectivity index (χ4v) is 2.70. The van der Waals surface area contributed by atoms with Gasteiger partial charge < -0.3 is 10.2 Å². The fourth-order valence-electron chi connectivity index (χ4n) is 2.70. The van der Waals surface area contributed by atoms with E-state index in [1.807, 2.05) is 6.20 Å². The van der Waals surface area contributed by atoms with Crippen LogP contribution in [0.15, 0.2) is 6.20 Å². The van der Waals surface area contributed by atoms with Gasteiger partial charge in [-0.3, -0.25) is 5.10 Å². The summed E-state index contributed by atoms with van der Waals surface area (Å²) in [6.07, 6.45) is 5.26. The van der Waals surface area contributed by atoms with Crippen molar-refractivity contribution in [2.24, 2.45) is 5.41 Å². The van der Waals surface area contributed by atoms with Gasteiger partial charge in [0.15, 0.2) is 5.65 Å². The van der Waals surface area contributed by atoms with Crippen LogP contribution in [0.25, 0.3) is 11.0 Å². The number of fused-ring (bicyclic) bond motifs is 1. The Kier molecular flexibility index (Phi) is 3.69. The highest BCUT2D eigenvalue weighted by Crippen LogP contribution is 2.33. The van der Waals surface area contributed by atoms with Gasteiger partial charge in [0.05, 0.1) is 11.6 Å². The minimum absolute atomic E-state index is 0.433. The summed E-state index contributed by atoms with van der Waals surface area (Å²) in [6, 6.07) is 0. The van der Waals surface area contributed by atoms with Crippen LogP contribution in [0.1, 0.15) is 40.0 Å². The largest absolute Gasteiger partial charge is 0.356 e. The smallest absolute Gasteiger partial charge is 0.226 e. The third-order valence-corrected chi connectivity index (χ3v) is 4.24. The first kappa shape index (κ1) is 14.1. The summed E-state index contributed by atoms with van der Waals surface area (Å²) in [4.78, 5) is 11.6. The van der Waals surface area contributed by atoms with Crippen molar-refractivity contribution in [2.75, 3.05) is 29.9 Å². The zero-order chi connectivity index (χ0) is 14.9. The molecule has 0 unspecified atom stereocenters. The maximum absolute atomic E-state index is 4.73. The van der Waals surface area contributed by atoms with E-state index < -0.39 is 0 Å². The van der Waals surface area contributed by atoms with E-state index in [2.05, 4.69) is 46.2 Å². The molecule has 21 heavy (non-hydrogen) atoms. The SMILES string of the molecule is CCCNc1nc(N2CCC(C)(C)CC2)c2cn[nH]c2n1. The number of rotatable bonds is 4. The highest BCUT2D eigenvalue weighted by molar-refractivity contribution is 5.87. The molecule has 3 rings (SSSR count). The van der Waals surface area contributed by atoms with Crippen LogP contribution in [0.3, 0.4) is 0 Å². The molecule has 1 aliphatic heterocycles. The van der Waals surface area contributed by atoms with Crippen LogP contribution in [0.4, 0.5) is 11.8 Å². The van der Waals surface area contributed by atoms with Gasteiger partial charge >= 0.3 is 0 Å². The number of hydrogen-bond donors (Lipinski definition) is 2. The van der Waals surface area contributed by atoms with Crippen LogP contribution in [0.5, 0.6) is 0 Å². The van der Waals surface area contributed by atoms with Gasteiger partial charge in [0.2, 0.25) is 5.95 Å². The van der Waals surface area contributed by atoms with Gasteiger partial charge in [-0.05, 0) is 24.7 Å². The van der Waals surface area contributed by atoms with Gasteiger partial charge in [0.25, 0.3) is 0 Å². The van der Waals surface area contributed by atoms with Crippen molar-refractivity contribution in [2.45, 2.75) is 40.0 Å². The van der Waals surface area contributed by atoms with Crippen LogP contribution in [0, 0.1) is 5.41 Å². The van der Waals surface area contributed by atoms with Crippen molar-refractivity contribution < 1.29 is 0 Å². The van der Waals surface area contributed by atoms with Crippen molar-refractivity contribution in [1.82, 2.24) is 20.2 Å². The number of aromatic amines is 1. The first-order chi connectivity index (χ1) is 10.1. The number of piperidine rings is 1. The number of hydrogen-bond acceptors (Lipinski definition) is 5. The second kappa shape index (κ2) is 5.50. The van der Waals surface area contributed by atoms with Gasteiger partial charge in [0.1, 0.15) is 5.82 Å². The standard InChI is InChI=1S/C15H24N6/c1-4-7-16-14-18-12-11(10-17-20-12)13(19-14)21-8-5-15(2,3)6-9-21/h10H,4-9H2,1-3H3,(H2,16,17,18,19,20). The second-order valence-corrected chi connectivity index (χ2v) is 6.58. The Balaban J connectivity index is 1.91. The lowest BCUT2D eigenvalue weighted by molar-refractivity contribution is 0.279. The molecule has 0 amide bonds. The molecule has 1 aliphatic rings. The van der Waals surface area contributed by atoms with Crippen molar-refractivity contribution in [3.05, 3.63) is 6.20 Å². The first-order valence-corrected chi connectivity index (χ1v) is 7.79. The lowest BCUT2D eigenvalue weighted by Gasteiger charge is -2.37. The van der Waals surface area contributed by atoms with Gasteiger partial charge in [0, 0.05) is 19.6 Å². The van der Waals surface area contributed by atoms with E-state index in [4.69, 9.17) is 4.98 Å². The molecule has 1 fully saturated rings. The van der Waals surface area contributed by atoms with E-state index in [0.29, 0.717) is 11.4 Å². The Morgan fingerprint density at radius 2 is 2.05 bits per heavy atom. The molecule has 0 radical (unpaired) electrons. The van der Waals surface area contributed by atoms with E-state index >= 15 is 0 Å². The first-order valence-electron chi connectivity index (χ1n) is 7.79. The highest BCUT2D eigenvalue weighted by atomic mass is 15.3. The van der Waals surface area contributed by atoms with E-state index in [1.165, 1.54) is 12.8 Å². The van der Waals surface area contributed by atoms with Crippen molar-refractivity contribution in [1.29, 1.82) is 0 Å². The summed E-state index contributed by atoms with van der Waals surface area (Å²) in [7, 11) is 0.